The van der Waals surface area contributed by atoms with Crippen molar-refractivity contribution in [2.24, 2.45) is 0 Å². The van der Waals surface area contributed by atoms with Crippen LogP contribution in [0.2, 0.25) is 5.02 Å². The second-order valence-electron chi connectivity index (χ2n) is 3.52. The monoisotopic (exact) mass is 309 g/mol. The van der Waals surface area contributed by atoms with Gasteiger partial charge in [-0.25, -0.2) is 0 Å². The summed E-state index contributed by atoms with van der Waals surface area (Å²) in [6.45, 7) is 0. The molecule has 0 N–H and O–H groups in total. The highest BCUT2D eigenvalue weighted by atomic mass is 79.9. The maximum atomic E-state index is 12.1. The fraction of sp³-hybridized carbons (Fsp3) is 0.0769. The van der Waals surface area contributed by atoms with E-state index in [1.807, 2.05) is 6.07 Å². The van der Waals surface area contributed by atoms with Gasteiger partial charge in [-0.15, -0.1) is 0 Å². The van der Waals surface area contributed by atoms with Crippen molar-refractivity contribution in [3.8, 4) is 0 Å². The van der Waals surface area contributed by atoms with Gasteiger partial charge in [-0.2, -0.15) is 0 Å². The van der Waals surface area contributed by atoms with Crippen molar-refractivity contribution in [1.82, 2.24) is 4.98 Å². The second-order valence-corrected chi connectivity index (χ2v) is 4.87. The van der Waals surface area contributed by atoms with Gasteiger partial charge in [0, 0.05) is 23.0 Å². The van der Waals surface area contributed by atoms with E-state index in [4.69, 9.17) is 11.6 Å². The quantitative estimate of drug-likeness (QED) is 0.632. The molecule has 1 heterocycles. The van der Waals surface area contributed by atoms with Gasteiger partial charge in [0.15, 0.2) is 5.78 Å². The molecule has 0 bridgehead atoms. The van der Waals surface area contributed by atoms with Crippen LogP contribution in [-0.4, -0.2) is 10.8 Å². The Morgan fingerprint density at radius 1 is 1.24 bits per heavy atom. The van der Waals surface area contributed by atoms with Crippen LogP contribution in [0.4, 0.5) is 0 Å². The molecule has 0 unspecified atom stereocenters. The zero-order chi connectivity index (χ0) is 12.3. The van der Waals surface area contributed by atoms with Gasteiger partial charge in [-0.05, 0) is 35.9 Å². The highest BCUT2D eigenvalue weighted by Crippen LogP contribution is 2.26. The standard InChI is InChI=1S/C13H9BrClNO/c14-12(10-2-1-7-16-8-10)13(17)9-3-5-11(15)6-4-9/h1-8,12H/t12-/m0/s1. The summed E-state index contributed by atoms with van der Waals surface area (Å²) >= 11 is 9.16. The molecule has 0 spiro atoms. The van der Waals surface area contributed by atoms with Crippen LogP contribution >= 0.6 is 27.5 Å². The van der Waals surface area contributed by atoms with E-state index < -0.39 is 0 Å². The van der Waals surface area contributed by atoms with E-state index in [1.165, 1.54) is 0 Å². The Bertz CT molecular complexity index is 513. The van der Waals surface area contributed by atoms with Crippen molar-refractivity contribution in [2.75, 3.05) is 0 Å². The first kappa shape index (κ1) is 12.3. The van der Waals surface area contributed by atoms with Crippen LogP contribution in [0.1, 0.15) is 20.7 Å². The van der Waals surface area contributed by atoms with Crippen LogP contribution in [0.5, 0.6) is 0 Å². The average molecular weight is 311 g/mol. The highest BCUT2D eigenvalue weighted by molar-refractivity contribution is 9.09. The summed E-state index contributed by atoms with van der Waals surface area (Å²) in [5.41, 5.74) is 1.47. The third-order valence-corrected chi connectivity index (χ3v) is 3.53. The predicted molar refractivity (Wildman–Crippen MR) is 71.7 cm³/mol. The lowest BCUT2D eigenvalue weighted by Gasteiger charge is -2.08. The van der Waals surface area contributed by atoms with Gasteiger partial charge < -0.3 is 0 Å². The number of carbonyl (C=O) groups excluding carboxylic acids is 1. The number of nitrogens with zero attached hydrogens (tertiary/aromatic N) is 1. The first-order valence-electron chi connectivity index (χ1n) is 5.02. The van der Waals surface area contributed by atoms with Crippen LogP contribution in [0.25, 0.3) is 0 Å². The minimum Gasteiger partial charge on any atom is -0.293 e. The number of halogens is 2. The first-order chi connectivity index (χ1) is 8.18. The highest BCUT2D eigenvalue weighted by Gasteiger charge is 2.18. The van der Waals surface area contributed by atoms with Crippen molar-refractivity contribution in [3.05, 3.63) is 64.9 Å². The van der Waals surface area contributed by atoms with Crippen LogP contribution in [0.3, 0.4) is 0 Å². The van der Waals surface area contributed by atoms with E-state index in [9.17, 15) is 4.79 Å². The molecule has 0 radical (unpaired) electrons. The number of hydrogen-bond acceptors (Lipinski definition) is 2. The topological polar surface area (TPSA) is 30.0 Å². The van der Waals surface area contributed by atoms with Crippen molar-refractivity contribution in [1.29, 1.82) is 0 Å². The average Bonchev–Trinajstić information content (AvgIpc) is 2.39. The molecule has 0 fully saturated rings. The summed E-state index contributed by atoms with van der Waals surface area (Å²) in [5.74, 6) is -0.00494. The van der Waals surface area contributed by atoms with Crippen LogP contribution in [0.15, 0.2) is 48.8 Å². The number of hydrogen-bond donors (Lipinski definition) is 0. The SMILES string of the molecule is O=C(c1ccc(Cl)cc1)[C@@H](Br)c1cccnc1. The number of carbonyl (C=O) groups is 1. The lowest BCUT2D eigenvalue weighted by atomic mass is 10.0. The Balaban J connectivity index is 2.23. The molecule has 0 amide bonds. The molecule has 1 atom stereocenters. The largest absolute Gasteiger partial charge is 0.293 e. The lowest BCUT2D eigenvalue weighted by Crippen LogP contribution is -2.07. The van der Waals surface area contributed by atoms with Crippen LogP contribution in [-0.2, 0) is 0 Å². The summed E-state index contributed by atoms with van der Waals surface area (Å²) < 4.78 is 0. The number of Topliss-reactive ketones (excluding diaryl/α,β-unsaturated/α-hetero) is 1. The molecule has 1 aromatic carbocycles. The van der Waals surface area contributed by atoms with E-state index >= 15 is 0 Å². The molecule has 0 saturated heterocycles. The van der Waals surface area contributed by atoms with E-state index in [0.717, 1.165) is 5.56 Å². The van der Waals surface area contributed by atoms with Gasteiger partial charge in [0.05, 0.1) is 0 Å². The second kappa shape index (κ2) is 5.43. The third kappa shape index (κ3) is 2.93. The first-order valence-corrected chi connectivity index (χ1v) is 6.31. The number of aromatic nitrogens is 1. The Kier molecular flexibility index (Phi) is 3.92. The van der Waals surface area contributed by atoms with Crippen molar-refractivity contribution in [3.63, 3.8) is 0 Å². The summed E-state index contributed by atoms with van der Waals surface area (Å²) in [5, 5.41) is 0.619. The van der Waals surface area contributed by atoms with Crippen molar-refractivity contribution >= 4 is 33.3 Å². The fourth-order valence-electron chi connectivity index (χ4n) is 1.44. The normalized spacial score (nSPS) is 12.1. The molecule has 0 aliphatic carbocycles. The van der Waals surface area contributed by atoms with Gasteiger partial charge >= 0.3 is 0 Å². The zero-order valence-electron chi connectivity index (χ0n) is 8.81. The van der Waals surface area contributed by atoms with Gasteiger partial charge in [-0.3, -0.25) is 9.78 Å². The summed E-state index contributed by atoms with van der Waals surface area (Å²) in [4.78, 5) is 15.8. The Hall–Kier alpha value is -1.19. The molecule has 4 heteroatoms. The molecule has 86 valence electrons. The maximum Gasteiger partial charge on any atom is 0.180 e. The van der Waals surface area contributed by atoms with E-state index in [1.54, 1.807) is 42.7 Å². The number of pyridine rings is 1. The Labute approximate surface area is 113 Å². The Morgan fingerprint density at radius 3 is 2.53 bits per heavy atom. The minimum absolute atomic E-state index is 0.00494. The minimum atomic E-state index is -0.377. The third-order valence-electron chi connectivity index (χ3n) is 2.34. The van der Waals surface area contributed by atoms with Gasteiger partial charge in [0.1, 0.15) is 4.83 Å². The Morgan fingerprint density at radius 2 is 1.94 bits per heavy atom. The molecule has 0 aliphatic rings. The van der Waals surface area contributed by atoms with E-state index in [-0.39, 0.29) is 10.6 Å². The molecule has 0 aliphatic heterocycles. The molecule has 2 aromatic rings. The van der Waals surface area contributed by atoms with Crippen molar-refractivity contribution in [2.45, 2.75) is 4.83 Å². The fourth-order valence-corrected chi connectivity index (χ4v) is 2.10. The van der Waals surface area contributed by atoms with E-state index in [0.29, 0.717) is 10.6 Å². The number of benzene rings is 1. The molecule has 2 rings (SSSR count). The smallest absolute Gasteiger partial charge is 0.180 e. The van der Waals surface area contributed by atoms with Gasteiger partial charge in [0.25, 0.3) is 0 Å². The predicted octanol–water partition coefficient (Wildman–Crippen LogP) is 4.05. The number of alkyl halides is 1. The summed E-state index contributed by atoms with van der Waals surface area (Å²) in [7, 11) is 0. The van der Waals surface area contributed by atoms with Gasteiger partial charge in [0.2, 0.25) is 0 Å². The summed E-state index contributed by atoms with van der Waals surface area (Å²) in [6.07, 6.45) is 3.35. The molecule has 0 saturated carbocycles. The molecule has 17 heavy (non-hydrogen) atoms. The maximum absolute atomic E-state index is 12.1. The van der Waals surface area contributed by atoms with E-state index in [2.05, 4.69) is 20.9 Å². The van der Waals surface area contributed by atoms with Gasteiger partial charge in [-0.1, -0.05) is 33.6 Å². The number of ketones is 1. The zero-order valence-corrected chi connectivity index (χ0v) is 11.1. The molecular formula is C13H9BrClNO. The molecule has 2 nitrogen and oxygen atoms in total. The molecule has 1 aromatic heterocycles. The van der Waals surface area contributed by atoms with Crippen molar-refractivity contribution < 1.29 is 4.79 Å². The number of rotatable bonds is 3. The summed E-state index contributed by atoms with van der Waals surface area (Å²) in [6, 6.07) is 10.5. The lowest BCUT2D eigenvalue weighted by molar-refractivity contribution is 0.0991. The van der Waals surface area contributed by atoms with Crippen LogP contribution < -0.4 is 0 Å². The molecular weight excluding hydrogens is 302 g/mol. The van der Waals surface area contributed by atoms with Crippen LogP contribution in [0, 0.1) is 0 Å².